The monoisotopic (exact) mass is 472 g/mol. The number of hydrogen-bond donors (Lipinski definition) is 0. The zero-order chi connectivity index (χ0) is 23.5. The number of benzene rings is 2. The van der Waals surface area contributed by atoms with E-state index in [0.717, 1.165) is 54.1 Å². The molecule has 2 aromatic carbocycles. The molecule has 3 aromatic rings. The average Bonchev–Trinajstić information content (AvgIpc) is 3.39. The van der Waals surface area contributed by atoms with Crippen molar-refractivity contribution in [3.63, 3.8) is 0 Å². The molecule has 5 rings (SSSR count). The molecule has 34 heavy (non-hydrogen) atoms. The van der Waals surface area contributed by atoms with Crippen molar-refractivity contribution in [2.24, 2.45) is 4.99 Å². The van der Waals surface area contributed by atoms with Crippen LogP contribution >= 0.6 is 11.8 Å². The van der Waals surface area contributed by atoms with Crippen LogP contribution in [0, 0.1) is 6.92 Å². The molecule has 0 aliphatic carbocycles. The van der Waals surface area contributed by atoms with E-state index in [2.05, 4.69) is 52.9 Å². The van der Waals surface area contributed by atoms with E-state index >= 15 is 0 Å². The largest absolute Gasteiger partial charge is 0.378 e. The van der Waals surface area contributed by atoms with Gasteiger partial charge < -0.3 is 14.2 Å². The molecule has 0 unspecified atom stereocenters. The van der Waals surface area contributed by atoms with Crippen molar-refractivity contribution in [1.82, 2.24) is 9.47 Å². The molecule has 0 N–H and O–H groups in total. The number of carbonyl (C=O) groups excluding carboxylic acids is 1. The highest BCUT2D eigenvalue weighted by molar-refractivity contribution is 8.18. The van der Waals surface area contributed by atoms with Crippen LogP contribution in [0.4, 0.5) is 11.4 Å². The Bertz CT molecular complexity index is 1230. The highest BCUT2D eigenvalue weighted by Crippen LogP contribution is 2.34. The van der Waals surface area contributed by atoms with Crippen molar-refractivity contribution in [3.8, 4) is 5.69 Å². The number of carbonyl (C=O) groups is 1. The third-order valence-corrected chi connectivity index (χ3v) is 7.03. The van der Waals surface area contributed by atoms with Crippen molar-refractivity contribution in [2.45, 2.75) is 13.8 Å². The maximum Gasteiger partial charge on any atom is 0.266 e. The molecule has 1 amide bonds. The van der Waals surface area contributed by atoms with Gasteiger partial charge in [-0.2, -0.15) is 0 Å². The van der Waals surface area contributed by atoms with Crippen molar-refractivity contribution < 1.29 is 9.53 Å². The van der Waals surface area contributed by atoms with Crippen LogP contribution in [-0.2, 0) is 9.53 Å². The van der Waals surface area contributed by atoms with Gasteiger partial charge in [-0.05, 0) is 79.7 Å². The van der Waals surface area contributed by atoms with E-state index in [4.69, 9.17) is 9.73 Å². The number of aliphatic imine (C=N–C) groups is 1. The second-order valence-electron chi connectivity index (χ2n) is 8.29. The molecule has 174 valence electrons. The topological polar surface area (TPSA) is 50.1 Å². The van der Waals surface area contributed by atoms with E-state index in [0.29, 0.717) is 11.4 Å². The lowest BCUT2D eigenvalue weighted by Gasteiger charge is -2.28. The summed E-state index contributed by atoms with van der Waals surface area (Å²) in [5.41, 5.74) is 5.25. The third kappa shape index (κ3) is 4.67. The molecule has 7 heteroatoms. The highest BCUT2D eigenvalue weighted by atomic mass is 32.2. The Morgan fingerprint density at radius 1 is 1.03 bits per heavy atom. The fourth-order valence-corrected chi connectivity index (χ4v) is 5.30. The smallest absolute Gasteiger partial charge is 0.266 e. The summed E-state index contributed by atoms with van der Waals surface area (Å²) in [6, 6.07) is 20.5. The number of amidine groups is 1. The molecule has 2 fully saturated rings. The number of aryl methyl sites for hydroxylation is 1. The number of anilines is 1. The molecule has 2 saturated heterocycles. The van der Waals surface area contributed by atoms with E-state index in [1.165, 1.54) is 17.4 Å². The molecular formula is C27H28N4O2S. The van der Waals surface area contributed by atoms with Gasteiger partial charge in [0.2, 0.25) is 0 Å². The van der Waals surface area contributed by atoms with Crippen LogP contribution in [0.15, 0.2) is 76.8 Å². The predicted molar refractivity (Wildman–Crippen MR) is 140 cm³/mol. The second-order valence-corrected chi connectivity index (χ2v) is 9.30. The quantitative estimate of drug-likeness (QED) is 0.476. The summed E-state index contributed by atoms with van der Waals surface area (Å²) in [6.45, 7) is 7.97. The summed E-state index contributed by atoms with van der Waals surface area (Å²) in [5, 5.41) is 0.720. The van der Waals surface area contributed by atoms with Gasteiger partial charge in [0.25, 0.3) is 5.91 Å². The number of hydrogen-bond acceptors (Lipinski definition) is 5. The highest BCUT2D eigenvalue weighted by Gasteiger charge is 2.32. The molecule has 2 aliphatic heterocycles. The van der Waals surface area contributed by atoms with Gasteiger partial charge in [-0.1, -0.05) is 18.2 Å². The Morgan fingerprint density at radius 2 is 1.76 bits per heavy atom. The van der Waals surface area contributed by atoms with E-state index in [1.54, 1.807) is 4.90 Å². The summed E-state index contributed by atoms with van der Waals surface area (Å²) in [7, 11) is 0. The Kier molecular flexibility index (Phi) is 6.56. The van der Waals surface area contributed by atoms with Gasteiger partial charge in [0, 0.05) is 42.9 Å². The first-order chi connectivity index (χ1) is 16.6. The number of amides is 1. The Morgan fingerprint density at radius 3 is 2.47 bits per heavy atom. The summed E-state index contributed by atoms with van der Waals surface area (Å²) in [5.74, 6) is 0.00120. The number of para-hydroxylation sites is 1. The van der Waals surface area contributed by atoms with Crippen LogP contribution in [0.3, 0.4) is 0 Å². The summed E-state index contributed by atoms with van der Waals surface area (Å²) in [6.07, 6.45) is 4.04. The number of morpholine rings is 1. The number of nitrogens with zero attached hydrogens (tertiary/aromatic N) is 4. The molecule has 0 bridgehead atoms. The van der Waals surface area contributed by atoms with E-state index in [1.807, 2.05) is 43.3 Å². The number of aromatic nitrogens is 1. The maximum absolute atomic E-state index is 13.1. The molecular weight excluding hydrogens is 444 g/mol. The molecule has 0 spiro atoms. The molecule has 0 radical (unpaired) electrons. The Hall–Kier alpha value is -3.29. The number of thioether (sulfide) groups is 1. The van der Waals surface area contributed by atoms with Gasteiger partial charge in [0.1, 0.15) is 0 Å². The fraction of sp³-hybridized carbons (Fsp3) is 0.259. The number of rotatable bonds is 5. The molecule has 0 saturated carbocycles. The van der Waals surface area contributed by atoms with Crippen molar-refractivity contribution >= 4 is 40.3 Å². The van der Waals surface area contributed by atoms with E-state index in [9.17, 15) is 4.79 Å². The fourth-order valence-electron chi connectivity index (χ4n) is 4.24. The van der Waals surface area contributed by atoms with Gasteiger partial charge >= 0.3 is 0 Å². The summed E-state index contributed by atoms with van der Waals surface area (Å²) in [4.78, 5) is 22.6. The van der Waals surface area contributed by atoms with Crippen LogP contribution in [0.2, 0.25) is 0 Å². The molecule has 2 aliphatic rings. The van der Waals surface area contributed by atoms with Gasteiger partial charge in [-0.15, -0.1) is 0 Å². The number of likely N-dealkylation sites (N-methyl/N-ethyl adjacent to an activating group) is 1. The standard InChI is InChI=1S/C27H28N4O2S/c1-3-30-26(32)25(18-21-17-20(2)31(19-21)24-7-5-4-6-8-24)34-27(30)28-22-9-11-23(12-10-22)29-13-15-33-16-14-29/h4-12,17-19H,3,13-16H2,1-2H3/b25-18+,28-27?. The minimum absolute atomic E-state index is 0.00120. The Balaban J connectivity index is 1.37. The lowest BCUT2D eigenvalue weighted by atomic mass is 10.2. The van der Waals surface area contributed by atoms with Crippen LogP contribution < -0.4 is 4.90 Å². The van der Waals surface area contributed by atoms with Crippen LogP contribution in [0.25, 0.3) is 11.8 Å². The molecule has 6 nitrogen and oxygen atoms in total. The predicted octanol–water partition coefficient (Wildman–Crippen LogP) is 5.25. The van der Waals surface area contributed by atoms with Crippen molar-refractivity contribution in [1.29, 1.82) is 0 Å². The normalized spacial score (nSPS) is 18.9. The van der Waals surface area contributed by atoms with Crippen LogP contribution in [0.5, 0.6) is 0 Å². The third-order valence-electron chi connectivity index (χ3n) is 6.02. The second kappa shape index (κ2) is 9.91. The first-order valence-corrected chi connectivity index (χ1v) is 12.4. The summed E-state index contributed by atoms with van der Waals surface area (Å²) < 4.78 is 7.58. The molecule has 1 aromatic heterocycles. The molecule has 3 heterocycles. The zero-order valence-corrected chi connectivity index (χ0v) is 20.3. The van der Waals surface area contributed by atoms with Crippen molar-refractivity contribution in [3.05, 3.63) is 83.0 Å². The maximum atomic E-state index is 13.1. The van der Waals surface area contributed by atoms with Gasteiger partial charge in [-0.25, -0.2) is 4.99 Å². The van der Waals surface area contributed by atoms with Gasteiger partial charge in [-0.3, -0.25) is 9.69 Å². The van der Waals surface area contributed by atoms with E-state index < -0.39 is 0 Å². The minimum atomic E-state index is 0.00120. The SMILES string of the molecule is CCN1C(=O)/C(=C\c2cc(C)n(-c3ccccc3)c2)SC1=Nc1ccc(N2CCOCC2)cc1. The first-order valence-electron chi connectivity index (χ1n) is 11.6. The van der Waals surface area contributed by atoms with Gasteiger partial charge in [0.15, 0.2) is 5.17 Å². The summed E-state index contributed by atoms with van der Waals surface area (Å²) >= 11 is 1.44. The van der Waals surface area contributed by atoms with Crippen LogP contribution in [-0.4, -0.2) is 53.4 Å². The van der Waals surface area contributed by atoms with Crippen LogP contribution in [0.1, 0.15) is 18.2 Å². The zero-order valence-electron chi connectivity index (χ0n) is 19.5. The lowest BCUT2D eigenvalue weighted by molar-refractivity contribution is -0.122. The van der Waals surface area contributed by atoms with Gasteiger partial charge in [0.05, 0.1) is 23.8 Å². The molecule has 0 atom stereocenters. The van der Waals surface area contributed by atoms with Crippen molar-refractivity contribution in [2.75, 3.05) is 37.7 Å². The lowest BCUT2D eigenvalue weighted by Crippen LogP contribution is -2.36. The number of ether oxygens (including phenoxy) is 1. The minimum Gasteiger partial charge on any atom is -0.378 e. The average molecular weight is 473 g/mol. The first kappa shape index (κ1) is 22.5. The van der Waals surface area contributed by atoms with E-state index in [-0.39, 0.29) is 5.91 Å². The Labute approximate surface area is 204 Å².